The SMILES string of the molecule is O=[N+]([O-])c1ncccc1NCCc1ccc(Cl)cc1Cl. The fourth-order valence-electron chi connectivity index (χ4n) is 1.74. The molecule has 0 saturated carbocycles. The highest BCUT2D eigenvalue weighted by Crippen LogP contribution is 2.23. The Kier molecular flexibility index (Phi) is 4.76. The summed E-state index contributed by atoms with van der Waals surface area (Å²) in [6.07, 6.45) is 2.02. The van der Waals surface area contributed by atoms with Gasteiger partial charge in [-0.1, -0.05) is 29.3 Å². The number of anilines is 1. The molecule has 0 fully saturated rings. The van der Waals surface area contributed by atoms with Gasteiger partial charge in [0.25, 0.3) is 0 Å². The van der Waals surface area contributed by atoms with Gasteiger partial charge in [0.2, 0.25) is 0 Å². The zero-order valence-corrected chi connectivity index (χ0v) is 11.9. The van der Waals surface area contributed by atoms with Gasteiger partial charge in [0.05, 0.1) is 0 Å². The van der Waals surface area contributed by atoms with Crippen LogP contribution in [0.2, 0.25) is 10.0 Å². The third kappa shape index (κ3) is 3.59. The average Bonchev–Trinajstić information content (AvgIpc) is 2.41. The summed E-state index contributed by atoms with van der Waals surface area (Å²) in [6.45, 7) is 0.508. The maximum absolute atomic E-state index is 10.8. The number of nitrogens with zero attached hydrogens (tertiary/aromatic N) is 2. The van der Waals surface area contributed by atoms with Gasteiger partial charge in [0.15, 0.2) is 0 Å². The minimum atomic E-state index is -0.516. The first kappa shape index (κ1) is 14.6. The molecule has 0 aliphatic rings. The molecule has 0 aliphatic heterocycles. The first-order valence-corrected chi connectivity index (χ1v) is 6.60. The molecule has 1 aromatic heterocycles. The van der Waals surface area contributed by atoms with Gasteiger partial charge < -0.3 is 15.4 Å². The van der Waals surface area contributed by atoms with Gasteiger partial charge >= 0.3 is 5.82 Å². The Morgan fingerprint density at radius 3 is 2.80 bits per heavy atom. The van der Waals surface area contributed by atoms with Gasteiger partial charge in [-0.25, -0.2) is 0 Å². The maximum atomic E-state index is 10.8. The molecule has 5 nitrogen and oxygen atoms in total. The van der Waals surface area contributed by atoms with Crippen LogP contribution in [0.3, 0.4) is 0 Å². The summed E-state index contributed by atoms with van der Waals surface area (Å²) in [5, 5.41) is 15.0. The fourth-order valence-corrected chi connectivity index (χ4v) is 2.24. The number of rotatable bonds is 5. The fraction of sp³-hybridized carbons (Fsp3) is 0.154. The number of nitrogens with one attached hydrogen (secondary N) is 1. The van der Waals surface area contributed by atoms with Crippen LogP contribution < -0.4 is 5.32 Å². The van der Waals surface area contributed by atoms with Crippen molar-refractivity contribution in [1.29, 1.82) is 0 Å². The van der Waals surface area contributed by atoms with E-state index < -0.39 is 4.92 Å². The van der Waals surface area contributed by atoms with Gasteiger partial charge in [0.1, 0.15) is 11.9 Å². The van der Waals surface area contributed by atoms with Gasteiger partial charge in [-0.3, -0.25) is 0 Å². The lowest BCUT2D eigenvalue weighted by Gasteiger charge is -2.08. The van der Waals surface area contributed by atoms with E-state index in [1.165, 1.54) is 6.20 Å². The largest absolute Gasteiger partial charge is 0.386 e. The molecular formula is C13H11Cl2N3O2. The second-order valence-corrected chi connectivity index (χ2v) is 4.89. The van der Waals surface area contributed by atoms with E-state index in [2.05, 4.69) is 10.3 Å². The first-order chi connectivity index (χ1) is 9.58. The topological polar surface area (TPSA) is 68.1 Å². The van der Waals surface area contributed by atoms with E-state index in [0.29, 0.717) is 28.7 Å². The monoisotopic (exact) mass is 311 g/mol. The Balaban J connectivity index is 2.01. The normalized spacial score (nSPS) is 10.3. The average molecular weight is 312 g/mol. The minimum absolute atomic E-state index is 0.185. The predicted molar refractivity (Wildman–Crippen MR) is 79.5 cm³/mol. The molecule has 20 heavy (non-hydrogen) atoms. The van der Waals surface area contributed by atoms with Gasteiger partial charge in [-0.15, -0.1) is 0 Å². The zero-order chi connectivity index (χ0) is 14.5. The lowest BCUT2D eigenvalue weighted by atomic mass is 10.1. The Labute approximate surface area is 125 Å². The first-order valence-electron chi connectivity index (χ1n) is 5.85. The molecule has 0 radical (unpaired) electrons. The number of halogens is 2. The van der Waals surface area contributed by atoms with Crippen molar-refractivity contribution in [3.05, 3.63) is 62.3 Å². The van der Waals surface area contributed by atoms with Crippen molar-refractivity contribution in [2.24, 2.45) is 0 Å². The Morgan fingerprint density at radius 1 is 1.30 bits per heavy atom. The molecule has 1 aromatic carbocycles. The molecule has 0 bridgehead atoms. The van der Waals surface area contributed by atoms with Gasteiger partial charge in [0, 0.05) is 16.6 Å². The zero-order valence-electron chi connectivity index (χ0n) is 10.3. The van der Waals surface area contributed by atoms with E-state index in [-0.39, 0.29) is 5.82 Å². The molecule has 0 saturated heterocycles. The van der Waals surface area contributed by atoms with E-state index in [1.54, 1.807) is 24.3 Å². The third-order valence-electron chi connectivity index (χ3n) is 2.68. The highest BCUT2D eigenvalue weighted by atomic mass is 35.5. The summed E-state index contributed by atoms with van der Waals surface area (Å²) in [4.78, 5) is 14.0. The van der Waals surface area contributed by atoms with Crippen molar-refractivity contribution in [3.8, 4) is 0 Å². The number of hydrogen-bond donors (Lipinski definition) is 1. The third-order valence-corrected chi connectivity index (χ3v) is 3.27. The highest BCUT2D eigenvalue weighted by Gasteiger charge is 2.13. The number of nitro groups is 1. The number of hydrogen-bond acceptors (Lipinski definition) is 4. The van der Waals surface area contributed by atoms with Crippen molar-refractivity contribution < 1.29 is 4.92 Å². The van der Waals surface area contributed by atoms with Crippen molar-refractivity contribution in [2.75, 3.05) is 11.9 Å². The molecule has 1 N–H and O–H groups in total. The van der Waals surface area contributed by atoms with Crippen LogP contribution in [-0.2, 0) is 6.42 Å². The molecule has 0 amide bonds. The molecule has 0 atom stereocenters. The Morgan fingerprint density at radius 2 is 2.10 bits per heavy atom. The second-order valence-electron chi connectivity index (χ2n) is 4.04. The van der Waals surface area contributed by atoms with E-state index in [9.17, 15) is 10.1 Å². The van der Waals surface area contributed by atoms with Crippen molar-refractivity contribution in [3.63, 3.8) is 0 Å². The van der Waals surface area contributed by atoms with Crippen molar-refractivity contribution >= 4 is 34.7 Å². The van der Waals surface area contributed by atoms with Crippen molar-refractivity contribution in [1.82, 2.24) is 4.98 Å². The predicted octanol–water partition coefficient (Wildman–Crippen LogP) is 3.95. The summed E-state index contributed by atoms with van der Waals surface area (Å²) in [5.74, 6) is -0.185. The summed E-state index contributed by atoms with van der Waals surface area (Å²) in [7, 11) is 0. The number of aromatic nitrogens is 1. The van der Waals surface area contributed by atoms with E-state index in [4.69, 9.17) is 23.2 Å². The minimum Gasteiger partial charge on any atom is -0.378 e. The van der Waals surface area contributed by atoms with Crippen LogP contribution in [0.25, 0.3) is 0 Å². The highest BCUT2D eigenvalue weighted by molar-refractivity contribution is 6.35. The van der Waals surface area contributed by atoms with Crippen molar-refractivity contribution in [2.45, 2.75) is 6.42 Å². The van der Waals surface area contributed by atoms with E-state index in [0.717, 1.165) is 5.56 Å². The summed E-state index contributed by atoms with van der Waals surface area (Å²) in [5.41, 5.74) is 1.32. The van der Waals surface area contributed by atoms with Crippen LogP contribution >= 0.6 is 23.2 Å². The Hall–Kier alpha value is -1.85. The lowest BCUT2D eigenvalue weighted by Crippen LogP contribution is -2.07. The smallest absolute Gasteiger partial charge is 0.378 e. The van der Waals surface area contributed by atoms with Crippen LogP contribution in [0, 0.1) is 10.1 Å². The molecule has 2 rings (SSSR count). The van der Waals surface area contributed by atoms with Crippen LogP contribution in [0.5, 0.6) is 0 Å². The standard InChI is InChI=1S/C13H11Cl2N3O2/c14-10-4-3-9(11(15)8-10)5-7-16-12-2-1-6-17-13(12)18(19)20/h1-4,6,8,16H,5,7H2. The number of pyridine rings is 1. The molecule has 7 heteroatoms. The maximum Gasteiger partial charge on any atom is 0.386 e. The Bertz CT molecular complexity index is 635. The molecular weight excluding hydrogens is 301 g/mol. The van der Waals surface area contributed by atoms with E-state index >= 15 is 0 Å². The van der Waals surface area contributed by atoms with Crippen LogP contribution in [-0.4, -0.2) is 16.5 Å². The second kappa shape index (κ2) is 6.54. The molecule has 104 valence electrons. The summed E-state index contributed by atoms with van der Waals surface area (Å²) < 4.78 is 0. The number of benzene rings is 1. The van der Waals surface area contributed by atoms with Gasteiger partial charge in [-0.05, 0) is 46.2 Å². The van der Waals surface area contributed by atoms with Gasteiger partial charge in [-0.2, -0.15) is 0 Å². The quantitative estimate of drug-likeness (QED) is 0.670. The molecule has 1 heterocycles. The van der Waals surface area contributed by atoms with Crippen LogP contribution in [0.15, 0.2) is 36.5 Å². The van der Waals surface area contributed by atoms with E-state index in [1.807, 2.05) is 6.07 Å². The van der Waals surface area contributed by atoms with Crippen LogP contribution in [0.1, 0.15) is 5.56 Å². The summed E-state index contributed by atoms with van der Waals surface area (Å²) >= 11 is 11.9. The molecule has 0 aliphatic carbocycles. The lowest BCUT2D eigenvalue weighted by molar-refractivity contribution is -0.388. The molecule has 0 unspecified atom stereocenters. The van der Waals surface area contributed by atoms with Crippen LogP contribution in [0.4, 0.5) is 11.5 Å². The molecule has 0 spiro atoms. The summed E-state index contributed by atoms with van der Waals surface area (Å²) in [6, 6.07) is 8.53. The molecule has 2 aromatic rings.